The Kier molecular flexibility index (Phi) is 19.6. The molecule has 0 aromatic rings. The van der Waals surface area contributed by atoms with Crippen molar-refractivity contribution in [2.45, 2.75) is 129 Å². The monoisotopic (exact) mass is 322 g/mol. The van der Waals surface area contributed by atoms with E-state index in [0.717, 1.165) is 5.92 Å². The van der Waals surface area contributed by atoms with Crippen molar-refractivity contribution in [1.82, 2.24) is 0 Å². The number of rotatable bonds is 19. The second-order valence-corrected chi connectivity index (χ2v) is 7.55. The minimum absolute atomic E-state index is 1.02. The van der Waals surface area contributed by atoms with Crippen molar-refractivity contribution >= 4 is 0 Å². The summed E-state index contributed by atoms with van der Waals surface area (Å²) in [5, 5.41) is 0. The van der Waals surface area contributed by atoms with Crippen LogP contribution in [0.15, 0.2) is 12.7 Å². The predicted molar refractivity (Wildman–Crippen MR) is 108 cm³/mol. The zero-order valence-electron chi connectivity index (χ0n) is 16.6. The van der Waals surface area contributed by atoms with E-state index in [0.29, 0.717) is 0 Å². The fraction of sp³-hybridized carbons (Fsp3) is 0.913. The van der Waals surface area contributed by atoms with Crippen LogP contribution in [0, 0.1) is 5.92 Å². The molecular formula is C23H46. The smallest absolute Gasteiger partial charge is 0.0353 e. The lowest BCUT2D eigenvalue weighted by Crippen LogP contribution is -2.00. The standard InChI is InChI=1S/C23H46/c1-4-7-9-11-13-15-17-19-22-23(20-6-3)21-18-16-14-12-10-8-5-2/h5,23H,2,4,6-22H2,1,3H3. The van der Waals surface area contributed by atoms with Gasteiger partial charge in [0.15, 0.2) is 0 Å². The van der Waals surface area contributed by atoms with Crippen molar-refractivity contribution < 1.29 is 0 Å². The van der Waals surface area contributed by atoms with Crippen molar-refractivity contribution in [3.05, 3.63) is 12.7 Å². The molecule has 0 aromatic heterocycles. The van der Waals surface area contributed by atoms with Crippen LogP contribution in [0.25, 0.3) is 0 Å². The zero-order chi connectivity index (χ0) is 17.0. The van der Waals surface area contributed by atoms with Gasteiger partial charge in [0.05, 0.1) is 0 Å². The van der Waals surface area contributed by atoms with Crippen LogP contribution in [0.1, 0.15) is 129 Å². The van der Waals surface area contributed by atoms with Gasteiger partial charge in [-0.15, -0.1) is 6.58 Å². The van der Waals surface area contributed by atoms with E-state index in [1.807, 2.05) is 0 Å². The van der Waals surface area contributed by atoms with Gasteiger partial charge in [-0.1, -0.05) is 123 Å². The highest BCUT2D eigenvalue weighted by atomic mass is 14.1. The third-order valence-electron chi connectivity index (χ3n) is 5.18. The Morgan fingerprint density at radius 1 is 0.565 bits per heavy atom. The topological polar surface area (TPSA) is 0 Å². The largest absolute Gasteiger partial charge is 0.103 e. The number of hydrogen-bond acceptors (Lipinski definition) is 0. The van der Waals surface area contributed by atoms with Crippen molar-refractivity contribution in [2.75, 3.05) is 0 Å². The van der Waals surface area contributed by atoms with Crippen LogP contribution >= 0.6 is 0 Å². The van der Waals surface area contributed by atoms with E-state index in [9.17, 15) is 0 Å². The molecule has 0 aliphatic carbocycles. The SMILES string of the molecule is C=CCCCCCCCC(CCC)CCCCCCCCCC. The molecule has 0 radical (unpaired) electrons. The van der Waals surface area contributed by atoms with Crippen molar-refractivity contribution in [1.29, 1.82) is 0 Å². The first-order valence-electron chi connectivity index (χ1n) is 11.0. The maximum atomic E-state index is 3.80. The van der Waals surface area contributed by atoms with Gasteiger partial charge in [0, 0.05) is 0 Å². The van der Waals surface area contributed by atoms with Gasteiger partial charge in [-0.3, -0.25) is 0 Å². The van der Waals surface area contributed by atoms with Crippen molar-refractivity contribution in [2.24, 2.45) is 5.92 Å². The lowest BCUT2D eigenvalue weighted by molar-refractivity contribution is 0.377. The summed E-state index contributed by atoms with van der Waals surface area (Å²) in [7, 11) is 0. The molecule has 0 rings (SSSR count). The highest BCUT2D eigenvalue weighted by molar-refractivity contribution is 4.65. The Morgan fingerprint density at radius 3 is 1.52 bits per heavy atom. The Balaban J connectivity index is 3.45. The van der Waals surface area contributed by atoms with E-state index in [4.69, 9.17) is 0 Å². The van der Waals surface area contributed by atoms with Crippen LogP contribution in [-0.2, 0) is 0 Å². The molecule has 0 nitrogen and oxygen atoms in total. The van der Waals surface area contributed by atoms with Gasteiger partial charge in [0.2, 0.25) is 0 Å². The molecule has 0 saturated carbocycles. The van der Waals surface area contributed by atoms with Crippen LogP contribution in [0.4, 0.5) is 0 Å². The van der Waals surface area contributed by atoms with Crippen LogP contribution < -0.4 is 0 Å². The molecule has 0 spiro atoms. The Hall–Kier alpha value is -0.260. The normalized spacial score (nSPS) is 12.4. The average molecular weight is 323 g/mol. The fourth-order valence-electron chi connectivity index (χ4n) is 3.66. The minimum atomic E-state index is 1.02. The number of hydrogen-bond donors (Lipinski definition) is 0. The molecule has 0 heteroatoms. The molecule has 0 N–H and O–H groups in total. The van der Waals surface area contributed by atoms with Crippen molar-refractivity contribution in [3.8, 4) is 0 Å². The summed E-state index contributed by atoms with van der Waals surface area (Å²) >= 11 is 0. The van der Waals surface area contributed by atoms with Crippen LogP contribution in [-0.4, -0.2) is 0 Å². The second kappa shape index (κ2) is 19.8. The molecule has 23 heavy (non-hydrogen) atoms. The summed E-state index contributed by atoms with van der Waals surface area (Å²) in [5.74, 6) is 1.02. The molecule has 0 heterocycles. The molecule has 0 fully saturated rings. The fourth-order valence-corrected chi connectivity index (χ4v) is 3.66. The molecule has 138 valence electrons. The van der Waals surface area contributed by atoms with E-state index in [1.165, 1.54) is 116 Å². The maximum absolute atomic E-state index is 3.80. The zero-order valence-corrected chi connectivity index (χ0v) is 16.6. The summed E-state index contributed by atoms with van der Waals surface area (Å²) < 4.78 is 0. The third kappa shape index (κ3) is 17.9. The number of allylic oxidation sites excluding steroid dienone is 1. The first kappa shape index (κ1) is 22.7. The van der Waals surface area contributed by atoms with E-state index >= 15 is 0 Å². The molecule has 0 aliphatic heterocycles. The van der Waals surface area contributed by atoms with Gasteiger partial charge >= 0.3 is 0 Å². The van der Waals surface area contributed by atoms with Gasteiger partial charge < -0.3 is 0 Å². The quantitative estimate of drug-likeness (QED) is 0.164. The van der Waals surface area contributed by atoms with Gasteiger partial charge in [-0.05, 0) is 18.8 Å². The molecular weight excluding hydrogens is 276 g/mol. The first-order chi connectivity index (χ1) is 11.3. The highest BCUT2D eigenvalue weighted by Crippen LogP contribution is 2.23. The summed E-state index contributed by atoms with van der Waals surface area (Å²) in [5.41, 5.74) is 0. The predicted octanol–water partition coefficient (Wildman–Crippen LogP) is 8.85. The summed E-state index contributed by atoms with van der Waals surface area (Å²) in [6.07, 6.45) is 27.9. The lowest BCUT2D eigenvalue weighted by atomic mass is 9.90. The molecule has 1 atom stereocenters. The van der Waals surface area contributed by atoms with Crippen LogP contribution in [0.2, 0.25) is 0 Å². The lowest BCUT2D eigenvalue weighted by Gasteiger charge is -2.16. The molecule has 0 bridgehead atoms. The first-order valence-corrected chi connectivity index (χ1v) is 11.0. The van der Waals surface area contributed by atoms with Gasteiger partial charge in [-0.2, -0.15) is 0 Å². The summed E-state index contributed by atoms with van der Waals surface area (Å²) in [4.78, 5) is 0. The Labute approximate surface area is 148 Å². The van der Waals surface area contributed by atoms with Gasteiger partial charge in [-0.25, -0.2) is 0 Å². The second-order valence-electron chi connectivity index (χ2n) is 7.55. The van der Waals surface area contributed by atoms with Crippen molar-refractivity contribution in [3.63, 3.8) is 0 Å². The van der Waals surface area contributed by atoms with Gasteiger partial charge in [0.1, 0.15) is 0 Å². The highest BCUT2D eigenvalue weighted by Gasteiger charge is 2.07. The van der Waals surface area contributed by atoms with E-state index in [-0.39, 0.29) is 0 Å². The third-order valence-corrected chi connectivity index (χ3v) is 5.18. The van der Waals surface area contributed by atoms with Gasteiger partial charge in [0.25, 0.3) is 0 Å². The Morgan fingerprint density at radius 2 is 1.04 bits per heavy atom. The van der Waals surface area contributed by atoms with E-state index < -0.39 is 0 Å². The van der Waals surface area contributed by atoms with Crippen LogP contribution in [0.3, 0.4) is 0 Å². The molecule has 1 unspecified atom stereocenters. The molecule has 0 amide bonds. The number of unbranched alkanes of at least 4 members (excludes halogenated alkanes) is 12. The van der Waals surface area contributed by atoms with E-state index in [1.54, 1.807) is 0 Å². The summed E-state index contributed by atoms with van der Waals surface area (Å²) in [6, 6.07) is 0. The molecule has 0 aliphatic rings. The Bertz CT molecular complexity index is 218. The summed E-state index contributed by atoms with van der Waals surface area (Å²) in [6.45, 7) is 8.46. The van der Waals surface area contributed by atoms with Crippen LogP contribution in [0.5, 0.6) is 0 Å². The maximum Gasteiger partial charge on any atom is -0.0353 e. The average Bonchev–Trinajstić information content (AvgIpc) is 2.56. The minimum Gasteiger partial charge on any atom is -0.103 e. The van der Waals surface area contributed by atoms with E-state index in [2.05, 4.69) is 26.5 Å². The molecule has 0 saturated heterocycles. The molecule has 0 aromatic carbocycles.